The number of aryl methyl sites for hydroxylation is 2. The minimum atomic E-state index is -0.0792. The lowest BCUT2D eigenvalue weighted by atomic mass is 10.1. The molecule has 2 rings (SSSR count). The Balaban J connectivity index is 2.12. The van der Waals surface area contributed by atoms with Gasteiger partial charge in [0.2, 0.25) is 0 Å². The van der Waals surface area contributed by atoms with Gasteiger partial charge in [0.15, 0.2) is 12.4 Å². The summed E-state index contributed by atoms with van der Waals surface area (Å²) in [5.74, 6) is 1.94. The molecule has 2 aromatic rings. The Bertz CT molecular complexity index is 549. The van der Waals surface area contributed by atoms with Gasteiger partial charge >= 0.3 is 0 Å². The molecule has 102 valence electrons. The van der Waals surface area contributed by atoms with E-state index in [2.05, 4.69) is 10.1 Å². The highest BCUT2D eigenvalue weighted by atomic mass is 16.5. The zero-order valence-electron chi connectivity index (χ0n) is 11.5. The predicted octanol–water partition coefficient (Wildman–Crippen LogP) is 2.54. The quantitative estimate of drug-likeness (QED) is 0.895. The molecule has 0 aliphatic rings. The summed E-state index contributed by atoms with van der Waals surface area (Å²) in [6.07, 6.45) is 0.749. The summed E-state index contributed by atoms with van der Waals surface area (Å²) >= 11 is 0. The van der Waals surface area contributed by atoms with Crippen LogP contribution in [-0.2, 0) is 13.0 Å². The van der Waals surface area contributed by atoms with Gasteiger partial charge in [-0.1, -0.05) is 24.2 Å². The first kappa shape index (κ1) is 13.5. The molecular weight excluding hydrogens is 242 g/mol. The maximum absolute atomic E-state index is 5.93. The van der Waals surface area contributed by atoms with Crippen molar-refractivity contribution in [2.24, 2.45) is 5.73 Å². The maximum atomic E-state index is 5.93. The molecule has 2 N–H and O–H groups in total. The van der Waals surface area contributed by atoms with E-state index in [-0.39, 0.29) is 12.6 Å². The van der Waals surface area contributed by atoms with Crippen molar-refractivity contribution in [1.82, 2.24) is 10.1 Å². The predicted molar refractivity (Wildman–Crippen MR) is 71.8 cm³/mol. The van der Waals surface area contributed by atoms with Crippen LogP contribution in [0.1, 0.15) is 42.7 Å². The molecule has 0 aliphatic heterocycles. The van der Waals surface area contributed by atoms with Crippen LogP contribution >= 0.6 is 0 Å². The van der Waals surface area contributed by atoms with Crippen LogP contribution in [0.25, 0.3) is 0 Å². The molecule has 0 saturated heterocycles. The van der Waals surface area contributed by atoms with Gasteiger partial charge in [0.25, 0.3) is 5.89 Å². The van der Waals surface area contributed by atoms with Gasteiger partial charge in [0.1, 0.15) is 5.75 Å². The van der Waals surface area contributed by atoms with Gasteiger partial charge in [-0.15, -0.1) is 0 Å². The van der Waals surface area contributed by atoms with Gasteiger partial charge in [-0.3, -0.25) is 0 Å². The van der Waals surface area contributed by atoms with E-state index in [1.54, 1.807) is 0 Å². The molecule has 1 unspecified atom stereocenters. The Morgan fingerprint density at radius 2 is 2.21 bits per heavy atom. The number of ether oxygens (including phenoxy) is 1. The summed E-state index contributed by atoms with van der Waals surface area (Å²) in [5.41, 5.74) is 8.03. The summed E-state index contributed by atoms with van der Waals surface area (Å²) in [6.45, 7) is 6.18. The standard InChI is InChI=1S/C14H19N3O2/c1-4-13-16-14(19-17-13)8-18-12-7-9(2)5-6-11(12)10(3)15/h5-7,10H,4,8,15H2,1-3H3. The van der Waals surface area contributed by atoms with Crippen LogP contribution in [0.15, 0.2) is 22.7 Å². The van der Waals surface area contributed by atoms with E-state index in [0.717, 1.165) is 23.3 Å². The number of rotatable bonds is 5. The van der Waals surface area contributed by atoms with Crippen molar-refractivity contribution in [3.8, 4) is 5.75 Å². The Morgan fingerprint density at radius 1 is 1.42 bits per heavy atom. The molecule has 5 heteroatoms. The van der Waals surface area contributed by atoms with E-state index >= 15 is 0 Å². The van der Waals surface area contributed by atoms with Crippen LogP contribution in [0.2, 0.25) is 0 Å². The topological polar surface area (TPSA) is 74.2 Å². The smallest absolute Gasteiger partial charge is 0.264 e. The van der Waals surface area contributed by atoms with Gasteiger partial charge in [-0.05, 0) is 25.5 Å². The third kappa shape index (κ3) is 3.32. The van der Waals surface area contributed by atoms with E-state index in [1.807, 2.05) is 39.0 Å². The second-order valence-electron chi connectivity index (χ2n) is 4.58. The highest BCUT2D eigenvalue weighted by molar-refractivity contribution is 5.38. The normalized spacial score (nSPS) is 12.4. The molecule has 0 amide bonds. The number of nitrogens with zero attached hydrogens (tertiary/aromatic N) is 2. The molecular formula is C14H19N3O2. The van der Waals surface area contributed by atoms with Gasteiger partial charge in [0.05, 0.1) is 0 Å². The molecule has 0 spiro atoms. The summed E-state index contributed by atoms with van der Waals surface area (Å²) in [6, 6.07) is 5.90. The van der Waals surface area contributed by atoms with Crippen molar-refractivity contribution in [1.29, 1.82) is 0 Å². The molecule has 0 radical (unpaired) electrons. The first-order valence-corrected chi connectivity index (χ1v) is 6.40. The first-order chi connectivity index (χ1) is 9.10. The van der Waals surface area contributed by atoms with Crippen LogP contribution in [0, 0.1) is 6.92 Å². The van der Waals surface area contributed by atoms with Crippen LogP contribution in [0.3, 0.4) is 0 Å². The SMILES string of the molecule is CCc1noc(COc2cc(C)ccc2C(C)N)n1. The molecule has 0 bridgehead atoms. The lowest BCUT2D eigenvalue weighted by Crippen LogP contribution is -2.08. The maximum Gasteiger partial charge on any atom is 0.264 e. The summed E-state index contributed by atoms with van der Waals surface area (Å²) < 4.78 is 10.8. The van der Waals surface area contributed by atoms with Crippen molar-refractivity contribution in [3.63, 3.8) is 0 Å². The third-order valence-corrected chi connectivity index (χ3v) is 2.84. The minimum Gasteiger partial charge on any atom is -0.483 e. The number of hydrogen-bond donors (Lipinski definition) is 1. The molecule has 0 aliphatic carbocycles. The van der Waals surface area contributed by atoms with Crippen LogP contribution in [-0.4, -0.2) is 10.1 Å². The Kier molecular flexibility index (Phi) is 4.16. The fraction of sp³-hybridized carbons (Fsp3) is 0.429. The number of aromatic nitrogens is 2. The molecule has 0 fully saturated rings. The Labute approximate surface area is 112 Å². The second kappa shape index (κ2) is 5.84. The van der Waals surface area contributed by atoms with Crippen LogP contribution in [0.5, 0.6) is 5.75 Å². The van der Waals surface area contributed by atoms with Gasteiger partial charge in [-0.25, -0.2) is 0 Å². The van der Waals surface area contributed by atoms with E-state index < -0.39 is 0 Å². The van der Waals surface area contributed by atoms with Crippen molar-refractivity contribution in [2.45, 2.75) is 39.8 Å². The highest BCUT2D eigenvalue weighted by Crippen LogP contribution is 2.25. The zero-order chi connectivity index (χ0) is 13.8. The summed E-state index contributed by atoms with van der Waals surface area (Å²) in [5, 5.41) is 3.83. The molecule has 0 saturated carbocycles. The minimum absolute atomic E-state index is 0.0792. The Hall–Kier alpha value is -1.88. The largest absolute Gasteiger partial charge is 0.483 e. The summed E-state index contributed by atoms with van der Waals surface area (Å²) in [7, 11) is 0. The fourth-order valence-electron chi connectivity index (χ4n) is 1.77. The van der Waals surface area contributed by atoms with Crippen molar-refractivity contribution < 1.29 is 9.26 Å². The number of hydrogen-bond acceptors (Lipinski definition) is 5. The molecule has 1 aromatic carbocycles. The van der Waals surface area contributed by atoms with Crippen molar-refractivity contribution >= 4 is 0 Å². The molecule has 1 atom stereocenters. The van der Waals surface area contributed by atoms with E-state index in [0.29, 0.717) is 11.7 Å². The van der Waals surface area contributed by atoms with Crippen molar-refractivity contribution in [3.05, 3.63) is 41.0 Å². The highest BCUT2D eigenvalue weighted by Gasteiger charge is 2.11. The van der Waals surface area contributed by atoms with Crippen LogP contribution < -0.4 is 10.5 Å². The third-order valence-electron chi connectivity index (χ3n) is 2.84. The second-order valence-corrected chi connectivity index (χ2v) is 4.58. The summed E-state index contributed by atoms with van der Waals surface area (Å²) in [4.78, 5) is 4.21. The number of benzene rings is 1. The van der Waals surface area contributed by atoms with E-state index in [9.17, 15) is 0 Å². The lowest BCUT2D eigenvalue weighted by Gasteiger charge is -2.13. The zero-order valence-corrected chi connectivity index (χ0v) is 11.5. The molecule has 5 nitrogen and oxygen atoms in total. The molecule has 19 heavy (non-hydrogen) atoms. The van der Waals surface area contributed by atoms with E-state index in [1.165, 1.54) is 0 Å². The van der Waals surface area contributed by atoms with E-state index in [4.69, 9.17) is 15.0 Å². The monoisotopic (exact) mass is 261 g/mol. The van der Waals surface area contributed by atoms with Gasteiger partial charge in [0, 0.05) is 18.0 Å². The molecule has 1 aromatic heterocycles. The average molecular weight is 261 g/mol. The average Bonchev–Trinajstić information content (AvgIpc) is 2.84. The lowest BCUT2D eigenvalue weighted by molar-refractivity contribution is 0.240. The fourth-order valence-corrected chi connectivity index (χ4v) is 1.77. The Morgan fingerprint density at radius 3 is 2.84 bits per heavy atom. The van der Waals surface area contributed by atoms with Gasteiger partial charge < -0.3 is 15.0 Å². The van der Waals surface area contributed by atoms with Gasteiger partial charge in [-0.2, -0.15) is 4.98 Å². The first-order valence-electron chi connectivity index (χ1n) is 6.40. The van der Waals surface area contributed by atoms with Crippen molar-refractivity contribution in [2.75, 3.05) is 0 Å². The molecule has 1 heterocycles. The van der Waals surface area contributed by atoms with Crippen LogP contribution in [0.4, 0.5) is 0 Å². The number of nitrogens with two attached hydrogens (primary N) is 1.